The molecule has 100 valence electrons. The molecule has 0 amide bonds. The Labute approximate surface area is 110 Å². The van der Waals surface area contributed by atoms with E-state index in [-0.39, 0.29) is 5.56 Å². The van der Waals surface area contributed by atoms with Gasteiger partial charge in [-0.05, 0) is 31.2 Å². The molecule has 1 aromatic heterocycles. The van der Waals surface area contributed by atoms with Crippen LogP contribution in [0.5, 0.6) is 5.75 Å². The number of carboxylic acids is 1. The first-order chi connectivity index (χ1) is 8.95. The minimum atomic E-state index is -1.00. The maximum absolute atomic E-state index is 13.4. The van der Waals surface area contributed by atoms with Gasteiger partial charge in [-0.3, -0.25) is 0 Å². The van der Waals surface area contributed by atoms with Gasteiger partial charge in [-0.25, -0.2) is 9.18 Å². The number of nitrogens with zero attached hydrogens (tertiary/aromatic N) is 1. The number of hydrogen-bond acceptors (Lipinski definition) is 2. The maximum Gasteiger partial charge on any atom is 0.337 e. The molecule has 0 atom stereocenters. The molecule has 5 heteroatoms. The quantitative estimate of drug-likeness (QED) is 0.926. The van der Waals surface area contributed by atoms with E-state index in [0.29, 0.717) is 22.7 Å². The normalized spacial score (nSPS) is 10.5. The zero-order valence-electron chi connectivity index (χ0n) is 10.9. The molecule has 0 radical (unpaired) electrons. The monoisotopic (exact) mass is 263 g/mol. The Bertz CT molecular complexity index is 646. The number of hydrogen-bond donors (Lipinski definition) is 1. The van der Waals surface area contributed by atoms with Crippen molar-refractivity contribution in [3.63, 3.8) is 0 Å². The lowest BCUT2D eigenvalue weighted by molar-refractivity contribution is 0.0696. The number of aromatic carboxylic acids is 1. The molecule has 0 aliphatic rings. The van der Waals surface area contributed by atoms with Crippen molar-refractivity contribution in [3.05, 3.63) is 41.3 Å². The van der Waals surface area contributed by atoms with Crippen LogP contribution in [0.1, 0.15) is 16.1 Å². The summed E-state index contributed by atoms with van der Waals surface area (Å²) >= 11 is 0. The Morgan fingerprint density at radius 3 is 2.58 bits per heavy atom. The van der Waals surface area contributed by atoms with Crippen LogP contribution in [0.15, 0.2) is 24.3 Å². The number of benzene rings is 1. The van der Waals surface area contributed by atoms with E-state index < -0.39 is 11.8 Å². The number of halogens is 1. The van der Waals surface area contributed by atoms with Crippen LogP contribution in [0.4, 0.5) is 4.39 Å². The van der Waals surface area contributed by atoms with E-state index in [1.54, 1.807) is 18.5 Å². The number of carbonyl (C=O) groups is 1. The number of ether oxygens (including phenoxy) is 1. The van der Waals surface area contributed by atoms with Crippen LogP contribution in [-0.2, 0) is 7.05 Å². The van der Waals surface area contributed by atoms with Crippen molar-refractivity contribution in [2.45, 2.75) is 6.92 Å². The van der Waals surface area contributed by atoms with E-state index in [9.17, 15) is 9.18 Å². The number of rotatable bonds is 3. The number of carboxylic acid groups (broad SMARTS) is 1. The highest BCUT2D eigenvalue weighted by molar-refractivity contribution is 5.91. The largest absolute Gasteiger partial charge is 0.496 e. The standard InChI is InChI=1S/C14H14FNO3/c1-8-10(14(17)18)7-12(16(8)2)11-6-9(15)4-5-13(11)19-3/h4-7H,1-3H3,(H,17,18). The molecule has 4 nitrogen and oxygen atoms in total. The van der Waals surface area contributed by atoms with Crippen LogP contribution in [0.25, 0.3) is 11.3 Å². The Morgan fingerprint density at radius 2 is 2.05 bits per heavy atom. The van der Waals surface area contributed by atoms with E-state index in [2.05, 4.69) is 0 Å². The molecular weight excluding hydrogens is 249 g/mol. The molecule has 1 aromatic carbocycles. The van der Waals surface area contributed by atoms with Gasteiger partial charge in [-0.15, -0.1) is 0 Å². The van der Waals surface area contributed by atoms with E-state index in [4.69, 9.17) is 9.84 Å². The van der Waals surface area contributed by atoms with Gasteiger partial charge in [0.2, 0.25) is 0 Å². The molecule has 2 aromatic rings. The fourth-order valence-corrected chi connectivity index (χ4v) is 2.05. The molecule has 0 fully saturated rings. The predicted octanol–water partition coefficient (Wildman–Crippen LogP) is 2.85. The predicted molar refractivity (Wildman–Crippen MR) is 69.1 cm³/mol. The van der Waals surface area contributed by atoms with Crippen LogP contribution in [0.3, 0.4) is 0 Å². The van der Waals surface area contributed by atoms with Gasteiger partial charge < -0.3 is 14.4 Å². The van der Waals surface area contributed by atoms with Crippen molar-refractivity contribution in [2.75, 3.05) is 7.11 Å². The highest BCUT2D eigenvalue weighted by Crippen LogP contribution is 2.33. The Morgan fingerprint density at radius 1 is 1.37 bits per heavy atom. The van der Waals surface area contributed by atoms with E-state index >= 15 is 0 Å². The average molecular weight is 263 g/mol. The average Bonchev–Trinajstić information content (AvgIpc) is 2.66. The first-order valence-corrected chi connectivity index (χ1v) is 5.69. The van der Waals surface area contributed by atoms with Crippen molar-refractivity contribution < 1.29 is 19.0 Å². The first-order valence-electron chi connectivity index (χ1n) is 5.69. The maximum atomic E-state index is 13.4. The van der Waals surface area contributed by atoms with E-state index in [0.717, 1.165) is 0 Å². The minimum absolute atomic E-state index is 0.198. The van der Waals surface area contributed by atoms with Crippen molar-refractivity contribution in [3.8, 4) is 17.0 Å². The smallest absolute Gasteiger partial charge is 0.337 e. The lowest BCUT2D eigenvalue weighted by Crippen LogP contribution is -2.00. The molecule has 1 N–H and O–H groups in total. The van der Waals surface area contributed by atoms with Gasteiger partial charge in [0.05, 0.1) is 18.4 Å². The Balaban J connectivity index is 2.69. The summed E-state index contributed by atoms with van der Waals surface area (Å²) < 4.78 is 20.3. The fraction of sp³-hybridized carbons (Fsp3) is 0.214. The van der Waals surface area contributed by atoms with E-state index in [1.807, 2.05) is 0 Å². The zero-order valence-corrected chi connectivity index (χ0v) is 10.9. The van der Waals surface area contributed by atoms with E-state index in [1.165, 1.54) is 31.4 Å². The van der Waals surface area contributed by atoms with Gasteiger partial charge in [-0.2, -0.15) is 0 Å². The minimum Gasteiger partial charge on any atom is -0.496 e. The molecule has 0 spiro atoms. The highest BCUT2D eigenvalue weighted by Gasteiger charge is 2.18. The topological polar surface area (TPSA) is 51.5 Å². The Kier molecular flexibility index (Phi) is 3.29. The second-order valence-corrected chi connectivity index (χ2v) is 4.24. The van der Waals surface area contributed by atoms with Gasteiger partial charge in [0.25, 0.3) is 0 Å². The van der Waals surface area contributed by atoms with Gasteiger partial charge in [0.15, 0.2) is 0 Å². The lowest BCUT2D eigenvalue weighted by atomic mass is 10.1. The summed E-state index contributed by atoms with van der Waals surface area (Å²) in [5.74, 6) is -0.903. The molecule has 1 heterocycles. The van der Waals surface area contributed by atoms with Crippen LogP contribution in [0, 0.1) is 12.7 Å². The van der Waals surface area contributed by atoms with Gasteiger partial charge in [0, 0.05) is 18.3 Å². The van der Waals surface area contributed by atoms with Gasteiger partial charge in [-0.1, -0.05) is 0 Å². The summed E-state index contributed by atoms with van der Waals surface area (Å²) in [7, 11) is 3.23. The zero-order chi connectivity index (χ0) is 14.2. The van der Waals surface area contributed by atoms with Crippen molar-refractivity contribution in [1.82, 2.24) is 4.57 Å². The molecular formula is C14H14FNO3. The number of aromatic nitrogens is 1. The number of methoxy groups -OCH3 is 1. The molecule has 0 bridgehead atoms. The summed E-state index contributed by atoms with van der Waals surface area (Å²) in [4.78, 5) is 11.1. The summed E-state index contributed by atoms with van der Waals surface area (Å²) in [6.45, 7) is 1.71. The fourth-order valence-electron chi connectivity index (χ4n) is 2.05. The van der Waals surface area contributed by atoms with Crippen LogP contribution >= 0.6 is 0 Å². The SMILES string of the molecule is COc1ccc(F)cc1-c1cc(C(=O)O)c(C)n1C. The summed E-state index contributed by atoms with van der Waals surface area (Å²) in [6.07, 6.45) is 0. The second-order valence-electron chi connectivity index (χ2n) is 4.24. The molecule has 0 aliphatic carbocycles. The molecule has 0 aliphatic heterocycles. The highest BCUT2D eigenvalue weighted by atomic mass is 19.1. The lowest BCUT2D eigenvalue weighted by Gasteiger charge is -2.10. The van der Waals surface area contributed by atoms with Crippen LogP contribution in [-0.4, -0.2) is 22.8 Å². The van der Waals surface area contributed by atoms with Gasteiger partial charge in [0.1, 0.15) is 11.6 Å². The third-order valence-corrected chi connectivity index (χ3v) is 3.20. The summed E-state index contributed by atoms with van der Waals surface area (Å²) in [5, 5.41) is 9.11. The second kappa shape index (κ2) is 4.76. The third kappa shape index (κ3) is 2.19. The van der Waals surface area contributed by atoms with Crippen LogP contribution < -0.4 is 4.74 Å². The molecule has 2 rings (SSSR count). The summed E-state index contributed by atoms with van der Waals surface area (Å²) in [5.41, 5.74) is 1.93. The van der Waals surface area contributed by atoms with Crippen molar-refractivity contribution in [1.29, 1.82) is 0 Å². The molecule has 0 unspecified atom stereocenters. The molecule has 19 heavy (non-hydrogen) atoms. The van der Waals surface area contributed by atoms with Gasteiger partial charge >= 0.3 is 5.97 Å². The van der Waals surface area contributed by atoms with Crippen molar-refractivity contribution >= 4 is 5.97 Å². The molecule has 0 saturated heterocycles. The summed E-state index contributed by atoms with van der Waals surface area (Å²) in [6, 6.07) is 5.68. The third-order valence-electron chi connectivity index (χ3n) is 3.20. The van der Waals surface area contributed by atoms with Crippen LogP contribution in [0.2, 0.25) is 0 Å². The van der Waals surface area contributed by atoms with Crippen molar-refractivity contribution in [2.24, 2.45) is 7.05 Å². The first kappa shape index (κ1) is 13.1. The molecule has 0 saturated carbocycles. The Hall–Kier alpha value is -2.30.